The summed E-state index contributed by atoms with van der Waals surface area (Å²) in [5, 5.41) is 0. The third kappa shape index (κ3) is 2.39. The van der Waals surface area contributed by atoms with E-state index in [9.17, 15) is 9.59 Å². The van der Waals surface area contributed by atoms with Crippen LogP contribution in [0.4, 0.5) is 5.69 Å². The molecular formula is C13H16NO3P. The fourth-order valence-corrected chi connectivity index (χ4v) is 2.48. The van der Waals surface area contributed by atoms with Crippen LogP contribution >= 0.6 is 9.39 Å². The van der Waals surface area contributed by atoms with E-state index in [0.717, 1.165) is 5.69 Å². The Hall–Kier alpha value is -1.41. The number of hydrogen-bond donors (Lipinski definition) is 0. The van der Waals surface area contributed by atoms with Crippen LogP contribution in [0.15, 0.2) is 24.3 Å². The second-order valence-electron chi connectivity index (χ2n) is 4.17. The molecule has 0 aliphatic carbocycles. The van der Waals surface area contributed by atoms with Gasteiger partial charge in [0.05, 0.1) is 12.3 Å². The topological polar surface area (TPSA) is 46.6 Å². The highest BCUT2D eigenvalue weighted by Crippen LogP contribution is 2.31. The molecule has 5 heteroatoms. The van der Waals surface area contributed by atoms with E-state index in [-0.39, 0.29) is 5.78 Å². The van der Waals surface area contributed by atoms with Crippen LogP contribution in [0.5, 0.6) is 0 Å². The fraction of sp³-hybridized carbons (Fsp3) is 0.385. The number of carbonyl (C=O) groups excluding carboxylic acids is 2. The van der Waals surface area contributed by atoms with Crippen molar-refractivity contribution in [2.24, 2.45) is 5.92 Å². The molecule has 1 heterocycles. The van der Waals surface area contributed by atoms with Gasteiger partial charge in [-0.3, -0.25) is 9.59 Å². The largest absolute Gasteiger partial charge is 0.465 e. The average molecular weight is 265 g/mol. The standard InChI is InChI=1S/C13H16NO3P/c1-2-17-13(16)10-7-8-14(18)11-6-4-3-5-9(11)12(10)15/h3-6,10H,2,7-8,18H2,1H3. The number of ether oxygens (including phenoxy) is 1. The molecular weight excluding hydrogens is 249 g/mol. The number of anilines is 1. The predicted molar refractivity (Wildman–Crippen MR) is 72.6 cm³/mol. The average Bonchev–Trinajstić information content (AvgIpc) is 2.50. The van der Waals surface area contributed by atoms with Crippen molar-refractivity contribution >= 4 is 26.8 Å². The van der Waals surface area contributed by atoms with Crippen molar-refractivity contribution in [2.45, 2.75) is 13.3 Å². The Kier molecular flexibility index (Phi) is 3.97. The van der Waals surface area contributed by atoms with Gasteiger partial charge >= 0.3 is 5.97 Å². The number of hydrogen-bond acceptors (Lipinski definition) is 4. The van der Waals surface area contributed by atoms with Crippen molar-refractivity contribution in [2.75, 3.05) is 17.8 Å². The van der Waals surface area contributed by atoms with E-state index in [1.807, 2.05) is 22.9 Å². The maximum atomic E-state index is 12.4. The van der Waals surface area contributed by atoms with E-state index in [0.29, 0.717) is 25.1 Å². The summed E-state index contributed by atoms with van der Waals surface area (Å²) in [5.74, 6) is -1.25. The first-order valence-corrected chi connectivity index (χ1v) is 6.49. The zero-order chi connectivity index (χ0) is 13.1. The van der Waals surface area contributed by atoms with Crippen LogP contribution in [0, 0.1) is 5.92 Å². The van der Waals surface area contributed by atoms with Crippen molar-refractivity contribution < 1.29 is 14.3 Å². The molecule has 0 saturated heterocycles. The summed E-state index contributed by atoms with van der Waals surface area (Å²) in [6.45, 7) is 2.68. The van der Waals surface area contributed by atoms with E-state index < -0.39 is 11.9 Å². The molecule has 0 aromatic heterocycles. The zero-order valence-electron chi connectivity index (χ0n) is 10.3. The molecule has 0 amide bonds. The SMILES string of the molecule is CCOC(=O)C1CCN(P)c2ccccc2C1=O. The second-order valence-corrected chi connectivity index (χ2v) is 4.79. The molecule has 2 unspecified atom stereocenters. The number of nitrogens with zero attached hydrogens (tertiary/aromatic N) is 1. The van der Waals surface area contributed by atoms with Crippen molar-refractivity contribution in [3.05, 3.63) is 29.8 Å². The van der Waals surface area contributed by atoms with E-state index in [1.54, 1.807) is 13.0 Å². The molecule has 0 radical (unpaired) electrons. The van der Waals surface area contributed by atoms with Crippen LogP contribution in [0.1, 0.15) is 23.7 Å². The predicted octanol–water partition coefficient (Wildman–Crippen LogP) is 2.05. The minimum absolute atomic E-state index is 0.144. The third-order valence-corrected chi connectivity index (χ3v) is 3.56. The number of carbonyl (C=O) groups is 2. The van der Waals surface area contributed by atoms with Gasteiger partial charge in [-0.2, -0.15) is 0 Å². The van der Waals surface area contributed by atoms with Crippen LogP contribution < -0.4 is 4.67 Å². The van der Waals surface area contributed by atoms with Gasteiger partial charge in [-0.25, -0.2) is 0 Å². The minimum atomic E-state index is -0.684. The van der Waals surface area contributed by atoms with Gasteiger partial charge in [0.15, 0.2) is 5.78 Å². The zero-order valence-corrected chi connectivity index (χ0v) is 11.4. The Bertz CT molecular complexity index is 475. The van der Waals surface area contributed by atoms with Crippen LogP contribution in [-0.4, -0.2) is 24.9 Å². The number of fused-ring (bicyclic) bond motifs is 1. The van der Waals surface area contributed by atoms with E-state index in [1.165, 1.54) is 0 Å². The molecule has 0 N–H and O–H groups in total. The van der Waals surface area contributed by atoms with Gasteiger partial charge in [0.2, 0.25) is 0 Å². The molecule has 0 fully saturated rings. The lowest BCUT2D eigenvalue weighted by molar-refractivity contribution is -0.146. The van der Waals surface area contributed by atoms with E-state index >= 15 is 0 Å². The first kappa shape index (κ1) is 13.0. The molecule has 4 nitrogen and oxygen atoms in total. The molecule has 0 spiro atoms. The van der Waals surface area contributed by atoms with Crippen LogP contribution in [0.2, 0.25) is 0 Å². The molecule has 0 saturated carbocycles. The number of ketones is 1. The molecule has 1 aliphatic rings. The maximum Gasteiger partial charge on any atom is 0.316 e. The van der Waals surface area contributed by atoms with Crippen molar-refractivity contribution in [3.8, 4) is 0 Å². The molecule has 0 bridgehead atoms. The van der Waals surface area contributed by atoms with Crippen LogP contribution in [0.25, 0.3) is 0 Å². The van der Waals surface area contributed by atoms with Gasteiger partial charge in [-0.05, 0) is 34.9 Å². The highest BCUT2D eigenvalue weighted by atomic mass is 31.0. The number of benzene rings is 1. The Morgan fingerprint density at radius 1 is 1.50 bits per heavy atom. The summed E-state index contributed by atoms with van der Waals surface area (Å²) in [6.07, 6.45) is 0.482. The van der Waals surface area contributed by atoms with Gasteiger partial charge in [-0.15, -0.1) is 0 Å². The second kappa shape index (κ2) is 5.49. The highest BCUT2D eigenvalue weighted by Gasteiger charge is 2.33. The normalized spacial score (nSPS) is 19.1. The Balaban J connectivity index is 2.35. The summed E-state index contributed by atoms with van der Waals surface area (Å²) in [6, 6.07) is 7.33. The van der Waals surface area contributed by atoms with Gasteiger partial charge in [0, 0.05) is 12.1 Å². The lowest BCUT2D eigenvalue weighted by Crippen LogP contribution is -2.26. The van der Waals surface area contributed by atoms with Crippen LogP contribution in [-0.2, 0) is 9.53 Å². The van der Waals surface area contributed by atoms with Crippen LogP contribution in [0.3, 0.4) is 0 Å². The molecule has 1 aliphatic heterocycles. The molecule has 18 heavy (non-hydrogen) atoms. The molecule has 2 rings (SSSR count). The first-order chi connectivity index (χ1) is 8.65. The summed E-state index contributed by atoms with van der Waals surface area (Å²) in [4.78, 5) is 24.2. The summed E-state index contributed by atoms with van der Waals surface area (Å²) >= 11 is 0. The van der Waals surface area contributed by atoms with Crippen molar-refractivity contribution in [1.82, 2.24) is 0 Å². The van der Waals surface area contributed by atoms with Gasteiger partial charge in [0.25, 0.3) is 0 Å². The van der Waals surface area contributed by atoms with Gasteiger partial charge in [0.1, 0.15) is 5.92 Å². The first-order valence-electron chi connectivity index (χ1n) is 5.97. The van der Waals surface area contributed by atoms with Gasteiger partial charge < -0.3 is 9.41 Å². The molecule has 2 atom stereocenters. The monoisotopic (exact) mass is 265 g/mol. The Morgan fingerprint density at radius 2 is 2.22 bits per heavy atom. The summed E-state index contributed by atoms with van der Waals surface area (Å²) in [7, 11) is 2.59. The number of esters is 1. The van der Waals surface area contributed by atoms with E-state index in [2.05, 4.69) is 9.39 Å². The number of para-hydroxylation sites is 1. The molecule has 96 valence electrons. The molecule has 1 aromatic rings. The maximum absolute atomic E-state index is 12.4. The summed E-state index contributed by atoms with van der Waals surface area (Å²) < 4.78 is 6.90. The number of Topliss-reactive ketones (excluding diaryl/α,β-unsaturated/α-hetero) is 1. The lowest BCUT2D eigenvalue weighted by atomic mass is 9.95. The quantitative estimate of drug-likeness (QED) is 0.466. The molecule has 1 aromatic carbocycles. The Morgan fingerprint density at radius 3 is 2.94 bits per heavy atom. The smallest absolute Gasteiger partial charge is 0.316 e. The van der Waals surface area contributed by atoms with Gasteiger partial charge in [-0.1, -0.05) is 12.1 Å². The fourth-order valence-electron chi connectivity index (χ4n) is 2.11. The minimum Gasteiger partial charge on any atom is -0.465 e. The summed E-state index contributed by atoms with van der Waals surface area (Å²) in [5.41, 5.74) is 1.43. The third-order valence-electron chi connectivity index (χ3n) is 3.03. The van der Waals surface area contributed by atoms with Crippen molar-refractivity contribution in [1.29, 1.82) is 0 Å². The van der Waals surface area contributed by atoms with E-state index in [4.69, 9.17) is 4.74 Å². The van der Waals surface area contributed by atoms with Crippen molar-refractivity contribution in [3.63, 3.8) is 0 Å². The Labute approximate surface area is 109 Å². The highest BCUT2D eigenvalue weighted by molar-refractivity contribution is 7.19. The number of rotatable bonds is 2. The lowest BCUT2D eigenvalue weighted by Gasteiger charge is -2.17.